The monoisotopic (exact) mass is 438 g/mol. The first-order valence-electron chi connectivity index (χ1n) is 10.1. The number of piperazine rings is 1. The molecule has 4 rings (SSSR count). The molecule has 1 aliphatic heterocycles. The maximum absolute atomic E-state index is 12.7. The smallest absolute Gasteiger partial charge is 0.292 e. The van der Waals surface area contributed by atoms with Crippen LogP contribution in [0.4, 0.5) is 5.69 Å². The Morgan fingerprint density at radius 2 is 1.81 bits per heavy atom. The van der Waals surface area contributed by atoms with Crippen molar-refractivity contribution < 1.29 is 9.53 Å². The number of carbonyl (C=O) groups is 1. The maximum atomic E-state index is 12.7. The van der Waals surface area contributed by atoms with Gasteiger partial charge < -0.3 is 14.5 Å². The number of benzene rings is 2. The van der Waals surface area contributed by atoms with Gasteiger partial charge >= 0.3 is 0 Å². The molecule has 1 aliphatic rings. The van der Waals surface area contributed by atoms with Crippen molar-refractivity contribution in [1.29, 1.82) is 0 Å². The van der Waals surface area contributed by atoms with E-state index in [9.17, 15) is 9.59 Å². The van der Waals surface area contributed by atoms with E-state index >= 15 is 0 Å². The predicted molar refractivity (Wildman–Crippen MR) is 120 cm³/mol. The third kappa shape index (κ3) is 4.72. The fourth-order valence-corrected chi connectivity index (χ4v) is 3.78. The Bertz CT molecular complexity index is 1130. The number of rotatable bonds is 5. The molecule has 0 spiro atoms. The summed E-state index contributed by atoms with van der Waals surface area (Å²) in [6.45, 7) is 4.14. The van der Waals surface area contributed by atoms with Gasteiger partial charge in [-0.25, -0.2) is 0 Å². The summed E-state index contributed by atoms with van der Waals surface area (Å²) in [6.07, 6.45) is 1.61. The Hall–Kier alpha value is -3.32. The van der Waals surface area contributed by atoms with Crippen LogP contribution < -0.4 is 15.2 Å². The van der Waals surface area contributed by atoms with Gasteiger partial charge in [-0.05, 0) is 36.8 Å². The van der Waals surface area contributed by atoms with Gasteiger partial charge in [-0.2, -0.15) is 9.78 Å². The molecule has 7 nitrogen and oxygen atoms in total. The molecule has 2 aromatic carbocycles. The van der Waals surface area contributed by atoms with Crippen LogP contribution in [-0.2, 0) is 4.79 Å². The molecule has 0 atom stereocenters. The molecule has 1 saturated heterocycles. The summed E-state index contributed by atoms with van der Waals surface area (Å²) in [5, 5.41) is 4.41. The Labute approximate surface area is 185 Å². The SMILES string of the molecule is Cc1cccc(OCC(=O)N2CCN(c3cnn(-c4ccccc4)c(=O)c3Cl)CC2)c1. The summed E-state index contributed by atoms with van der Waals surface area (Å²) in [5.41, 5.74) is 1.96. The van der Waals surface area contributed by atoms with E-state index in [1.54, 1.807) is 23.2 Å². The van der Waals surface area contributed by atoms with Gasteiger partial charge in [0.15, 0.2) is 6.61 Å². The van der Waals surface area contributed by atoms with Crippen molar-refractivity contribution in [3.05, 3.63) is 81.7 Å². The molecule has 1 amide bonds. The van der Waals surface area contributed by atoms with Gasteiger partial charge in [-0.15, -0.1) is 0 Å². The van der Waals surface area contributed by atoms with Crippen LogP contribution in [-0.4, -0.2) is 53.4 Å². The number of anilines is 1. The molecule has 2 heterocycles. The van der Waals surface area contributed by atoms with Gasteiger partial charge in [-0.3, -0.25) is 9.59 Å². The van der Waals surface area contributed by atoms with Crippen LogP contribution in [0.2, 0.25) is 5.02 Å². The van der Waals surface area contributed by atoms with Gasteiger partial charge in [0.1, 0.15) is 10.8 Å². The first-order valence-corrected chi connectivity index (χ1v) is 10.5. The number of aryl methyl sites for hydroxylation is 1. The van der Waals surface area contributed by atoms with Crippen LogP contribution in [0, 0.1) is 6.92 Å². The van der Waals surface area contributed by atoms with Gasteiger partial charge in [0.2, 0.25) is 0 Å². The van der Waals surface area contributed by atoms with E-state index in [-0.39, 0.29) is 23.1 Å². The lowest BCUT2D eigenvalue weighted by Crippen LogP contribution is -2.50. The predicted octanol–water partition coefficient (Wildman–Crippen LogP) is 2.92. The fraction of sp³-hybridized carbons (Fsp3) is 0.261. The van der Waals surface area contributed by atoms with Crippen molar-refractivity contribution >= 4 is 23.2 Å². The Kier molecular flexibility index (Phi) is 6.23. The zero-order valence-electron chi connectivity index (χ0n) is 17.2. The molecule has 0 N–H and O–H groups in total. The highest BCUT2D eigenvalue weighted by Crippen LogP contribution is 2.23. The Morgan fingerprint density at radius 3 is 2.52 bits per heavy atom. The molecule has 0 saturated carbocycles. The van der Waals surface area contributed by atoms with Crippen LogP contribution in [0.3, 0.4) is 0 Å². The molecule has 31 heavy (non-hydrogen) atoms. The van der Waals surface area contributed by atoms with Crippen LogP contribution in [0.5, 0.6) is 5.75 Å². The highest BCUT2D eigenvalue weighted by Gasteiger charge is 2.24. The normalized spacial score (nSPS) is 13.9. The molecule has 0 aliphatic carbocycles. The van der Waals surface area contributed by atoms with Crippen molar-refractivity contribution in [1.82, 2.24) is 14.7 Å². The quantitative estimate of drug-likeness (QED) is 0.612. The van der Waals surface area contributed by atoms with Crippen molar-refractivity contribution in [2.75, 3.05) is 37.7 Å². The van der Waals surface area contributed by atoms with Crippen LogP contribution in [0.25, 0.3) is 5.69 Å². The molecule has 160 valence electrons. The van der Waals surface area contributed by atoms with Crippen molar-refractivity contribution in [3.8, 4) is 11.4 Å². The molecule has 0 radical (unpaired) electrons. The number of nitrogens with zero attached hydrogens (tertiary/aromatic N) is 4. The molecular formula is C23H23ClN4O3. The summed E-state index contributed by atoms with van der Waals surface area (Å²) >= 11 is 6.40. The second kappa shape index (κ2) is 9.22. The minimum Gasteiger partial charge on any atom is -0.484 e. The lowest BCUT2D eigenvalue weighted by Gasteiger charge is -2.36. The molecular weight excluding hydrogens is 416 g/mol. The first kappa shape index (κ1) is 20.9. The molecule has 0 unspecified atom stereocenters. The highest BCUT2D eigenvalue weighted by atomic mass is 35.5. The maximum Gasteiger partial charge on any atom is 0.292 e. The minimum absolute atomic E-state index is 0.00111. The standard InChI is InChI=1S/C23H23ClN4O3/c1-17-6-5-9-19(14-17)31-16-21(29)27-12-10-26(11-13-27)20-15-25-28(23(30)22(20)24)18-7-3-2-4-8-18/h2-9,14-15H,10-13,16H2,1H3. The zero-order chi connectivity index (χ0) is 21.8. The Balaban J connectivity index is 1.38. The fourth-order valence-electron chi connectivity index (χ4n) is 3.54. The third-order valence-electron chi connectivity index (χ3n) is 5.23. The summed E-state index contributed by atoms with van der Waals surface area (Å²) in [4.78, 5) is 29.0. The molecule has 1 fully saturated rings. The Morgan fingerprint density at radius 1 is 1.06 bits per heavy atom. The summed E-state index contributed by atoms with van der Waals surface area (Å²) < 4.78 is 6.91. The van der Waals surface area contributed by atoms with Crippen molar-refractivity contribution in [2.45, 2.75) is 6.92 Å². The van der Waals surface area contributed by atoms with Gasteiger partial charge in [0.25, 0.3) is 11.5 Å². The molecule has 3 aromatic rings. The topological polar surface area (TPSA) is 67.7 Å². The number of amides is 1. The first-order chi connectivity index (χ1) is 15.0. The van der Waals surface area contributed by atoms with E-state index in [1.165, 1.54) is 4.68 Å². The molecule has 8 heteroatoms. The molecule has 0 bridgehead atoms. The van der Waals surface area contributed by atoms with Crippen molar-refractivity contribution in [2.24, 2.45) is 0 Å². The summed E-state index contributed by atoms with van der Waals surface area (Å²) in [5.74, 6) is 0.619. The van der Waals surface area contributed by atoms with E-state index in [0.717, 1.165) is 5.56 Å². The number of halogens is 1. The van der Waals surface area contributed by atoms with E-state index in [2.05, 4.69) is 5.10 Å². The second-order valence-electron chi connectivity index (χ2n) is 7.37. The third-order valence-corrected chi connectivity index (χ3v) is 5.58. The summed E-state index contributed by atoms with van der Waals surface area (Å²) in [6, 6.07) is 16.8. The number of hydrogen-bond acceptors (Lipinski definition) is 5. The van der Waals surface area contributed by atoms with Crippen molar-refractivity contribution in [3.63, 3.8) is 0 Å². The van der Waals surface area contributed by atoms with Crippen LogP contribution in [0.1, 0.15) is 5.56 Å². The van der Waals surface area contributed by atoms with E-state index in [0.29, 0.717) is 43.3 Å². The largest absolute Gasteiger partial charge is 0.484 e. The van der Waals surface area contributed by atoms with Gasteiger partial charge in [-0.1, -0.05) is 41.9 Å². The average molecular weight is 439 g/mol. The summed E-state index contributed by atoms with van der Waals surface area (Å²) in [7, 11) is 0. The van der Waals surface area contributed by atoms with Crippen LogP contribution >= 0.6 is 11.6 Å². The van der Waals surface area contributed by atoms with Gasteiger partial charge in [0, 0.05) is 26.2 Å². The van der Waals surface area contributed by atoms with E-state index in [1.807, 2.05) is 54.3 Å². The van der Waals surface area contributed by atoms with Gasteiger partial charge in [0.05, 0.1) is 17.6 Å². The second-order valence-corrected chi connectivity index (χ2v) is 7.75. The number of ether oxygens (including phenoxy) is 1. The number of carbonyl (C=O) groups excluding carboxylic acids is 1. The lowest BCUT2D eigenvalue weighted by molar-refractivity contribution is -0.133. The number of hydrogen-bond donors (Lipinski definition) is 0. The van der Waals surface area contributed by atoms with E-state index < -0.39 is 0 Å². The number of aromatic nitrogens is 2. The molecule has 1 aromatic heterocycles. The highest BCUT2D eigenvalue weighted by molar-refractivity contribution is 6.33. The number of para-hydroxylation sites is 1. The minimum atomic E-state index is -0.365. The van der Waals surface area contributed by atoms with E-state index in [4.69, 9.17) is 16.3 Å². The van der Waals surface area contributed by atoms with Crippen LogP contribution in [0.15, 0.2) is 65.6 Å². The average Bonchev–Trinajstić information content (AvgIpc) is 2.80. The zero-order valence-corrected chi connectivity index (χ0v) is 18.0. The lowest BCUT2D eigenvalue weighted by atomic mass is 10.2.